The Balaban J connectivity index is 1.64. The van der Waals surface area contributed by atoms with Crippen molar-refractivity contribution in [3.8, 4) is 0 Å². The van der Waals surface area contributed by atoms with Crippen molar-refractivity contribution in [1.29, 1.82) is 0 Å². The smallest absolute Gasteiger partial charge is 0.244 e. The Morgan fingerprint density at radius 2 is 2.04 bits per heavy atom. The van der Waals surface area contributed by atoms with Crippen LogP contribution in [0.25, 0.3) is 17.0 Å². The Kier molecular flexibility index (Phi) is 4.97. The van der Waals surface area contributed by atoms with Gasteiger partial charge < -0.3 is 16.0 Å². The van der Waals surface area contributed by atoms with Gasteiger partial charge in [-0.05, 0) is 43.5 Å². The van der Waals surface area contributed by atoms with E-state index in [1.165, 1.54) is 12.1 Å². The zero-order valence-electron chi connectivity index (χ0n) is 14.6. The summed E-state index contributed by atoms with van der Waals surface area (Å²) in [7, 11) is 0. The van der Waals surface area contributed by atoms with Gasteiger partial charge in [0.1, 0.15) is 5.82 Å². The average molecular weight is 353 g/mol. The van der Waals surface area contributed by atoms with E-state index in [0.29, 0.717) is 24.0 Å². The number of halogens is 1. The highest BCUT2D eigenvalue weighted by Gasteiger charge is 2.13. The molecule has 0 aliphatic rings. The number of rotatable bonds is 5. The van der Waals surface area contributed by atoms with Gasteiger partial charge in [-0.1, -0.05) is 6.07 Å². The summed E-state index contributed by atoms with van der Waals surface area (Å²) in [6, 6.07) is 3.23. The molecular formula is C19H20FN5O. The average Bonchev–Trinajstić information content (AvgIpc) is 2.96. The number of hydrogen-bond acceptors (Lipinski definition) is 4. The van der Waals surface area contributed by atoms with Gasteiger partial charge in [-0.3, -0.25) is 4.79 Å². The van der Waals surface area contributed by atoms with E-state index >= 15 is 0 Å². The van der Waals surface area contributed by atoms with Crippen molar-refractivity contribution in [2.45, 2.75) is 20.3 Å². The van der Waals surface area contributed by atoms with E-state index in [9.17, 15) is 9.18 Å². The maximum Gasteiger partial charge on any atom is 0.244 e. The van der Waals surface area contributed by atoms with Crippen molar-refractivity contribution in [1.82, 2.24) is 20.3 Å². The first-order chi connectivity index (χ1) is 12.5. The summed E-state index contributed by atoms with van der Waals surface area (Å²) >= 11 is 0. The van der Waals surface area contributed by atoms with Crippen LogP contribution in [0.2, 0.25) is 0 Å². The summed E-state index contributed by atoms with van der Waals surface area (Å²) in [5.41, 5.74) is 9.57. The van der Waals surface area contributed by atoms with Gasteiger partial charge in [0, 0.05) is 41.7 Å². The van der Waals surface area contributed by atoms with Crippen LogP contribution in [0.5, 0.6) is 0 Å². The first-order valence-corrected chi connectivity index (χ1v) is 8.25. The number of hydrogen-bond donors (Lipinski definition) is 3. The van der Waals surface area contributed by atoms with Gasteiger partial charge >= 0.3 is 0 Å². The van der Waals surface area contributed by atoms with Gasteiger partial charge in [0.25, 0.3) is 0 Å². The molecule has 2 aromatic heterocycles. The third-order valence-corrected chi connectivity index (χ3v) is 4.22. The molecule has 2 heterocycles. The number of amides is 1. The van der Waals surface area contributed by atoms with Gasteiger partial charge in [0.15, 0.2) is 0 Å². The number of nitrogens with two attached hydrogens (primary N) is 1. The highest BCUT2D eigenvalue weighted by molar-refractivity contribution is 5.92. The number of carbonyl (C=O) groups is 1. The molecule has 7 heteroatoms. The Morgan fingerprint density at radius 3 is 2.77 bits per heavy atom. The van der Waals surface area contributed by atoms with Crippen LogP contribution in [0.3, 0.4) is 0 Å². The number of anilines is 1. The molecule has 0 atom stereocenters. The normalized spacial score (nSPS) is 11.3. The van der Waals surface area contributed by atoms with Gasteiger partial charge in [-0.2, -0.15) is 0 Å². The van der Waals surface area contributed by atoms with Crippen molar-refractivity contribution in [2.75, 3.05) is 12.3 Å². The van der Waals surface area contributed by atoms with Crippen LogP contribution < -0.4 is 11.1 Å². The molecule has 0 radical (unpaired) electrons. The minimum absolute atomic E-state index is 0.187. The Labute approximate surface area is 150 Å². The minimum Gasteiger partial charge on any atom is -0.368 e. The topological polar surface area (TPSA) is 96.7 Å². The largest absolute Gasteiger partial charge is 0.368 e. The Bertz CT molecular complexity index is 976. The molecule has 0 saturated carbocycles. The van der Waals surface area contributed by atoms with E-state index in [2.05, 4.69) is 20.3 Å². The number of fused-ring (bicyclic) bond motifs is 1. The molecule has 0 unspecified atom stereocenters. The molecule has 0 bridgehead atoms. The first kappa shape index (κ1) is 17.6. The second kappa shape index (κ2) is 7.35. The molecule has 3 aromatic rings. The third-order valence-electron chi connectivity index (χ3n) is 4.22. The van der Waals surface area contributed by atoms with E-state index in [1.807, 2.05) is 13.8 Å². The van der Waals surface area contributed by atoms with Crippen LogP contribution in [0, 0.1) is 19.7 Å². The van der Waals surface area contributed by atoms with E-state index in [1.54, 1.807) is 24.5 Å². The van der Waals surface area contributed by atoms with E-state index in [0.717, 1.165) is 22.2 Å². The van der Waals surface area contributed by atoms with E-state index in [4.69, 9.17) is 5.73 Å². The molecule has 0 aliphatic carbocycles. The number of aryl methyl sites for hydroxylation is 2. The molecular weight excluding hydrogens is 333 g/mol. The van der Waals surface area contributed by atoms with Crippen molar-refractivity contribution < 1.29 is 9.18 Å². The number of H-pyrrole nitrogens is 1. The maximum atomic E-state index is 14.0. The van der Waals surface area contributed by atoms with Crippen molar-refractivity contribution in [2.24, 2.45) is 0 Å². The fourth-order valence-electron chi connectivity index (χ4n) is 2.93. The molecule has 1 aromatic carbocycles. The first-order valence-electron chi connectivity index (χ1n) is 8.25. The zero-order chi connectivity index (χ0) is 18.7. The molecule has 134 valence electrons. The third kappa shape index (κ3) is 3.72. The van der Waals surface area contributed by atoms with Crippen molar-refractivity contribution in [3.63, 3.8) is 0 Å². The van der Waals surface area contributed by atoms with Crippen LogP contribution in [-0.4, -0.2) is 27.4 Å². The number of aromatic nitrogens is 3. The molecule has 26 heavy (non-hydrogen) atoms. The number of nitrogen functional groups attached to an aromatic ring is 1. The van der Waals surface area contributed by atoms with Crippen LogP contribution >= 0.6 is 0 Å². The predicted molar refractivity (Wildman–Crippen MR) is 99.9 cm³/mol. The standard InChI is InChI=1S/C19H20FN5O/c1-11-3-5-15(20)18-17(11)14(12(2)25-18)7-8-22-16(26)6-4-13-9-23-19(21)24-10-13/h3-6,9-10,25H,7-8H2,1-2H3,(H,22,26)(H2,21,23,24)/b6-4+. The molecule has 0 saturated heterocycles. The highest BCUT2D eigenvalue weighted by Crippen LogP contribution is 2.27. The van der Waals surface area contributed by atoms with Crippen LogP contribution in [0.15, 0.2) is 30.6 Å². The minimum atomic E-state index is -0.266. The molecule has 1 amide bonds. The summed E-state index contributed by atoms with van der Waals surface area (Å²) in [6.07, 6.45) is 6.73. The lowest BCUT2D eigenvalue weighted by molar-refractivity contribution is -0.116. The summed E-state index contributed by atoms with van der Waals surface area (Å²) in [5.74, 6) is -0.299. The number of nitrogens with one attached hydrogen (secondary N) is 2. The van der Waals surface area contributed by atoms with Crippen LogP contribution in [-0.2, 0) is 11.2 Å². The van der Waals surface area contributed by atoms with Crippen molar-refractivity contribution >= 4 is 28.8 Å². The quantitative estimate of drug-likeness (QED) is 0.614. The zero-order valence-corrected chi connectivity index (χ0v) is 14.6. The fourth-order valence-corrected chi connectivity index (χ4v) is 2.93. The summed E-state index contributed by atoms with van der Waals surface area (Å²) in [5, 5.41) is 3.72. The Hall–Kier alpha value is -3.22. The summed E-state index contributed by atoms with van der Waals surface area (Å²) in [4.78, 5) is 22.8. The van der Waals surface area contributed by atoms with Gasteiger partial charge in [0.2, 0.25) is 11.9 Å². The van der Waals surface area contributed by atoms with Crippen LogP contribution in [0.1, 0.15) is 22.4 Å². The lowest BCUT2D eigenvalue weighted by atomic mass is 10.0. The number of carbonyl (C=O) groups excluding carboxylic acids is 1. The highest BCUT2D eigenvalue weighted by atomic mass is 19.1. The van der Waals surface area contributed by atoms with Crippen molar-refractivity contribution in [3.05, 3.63) is 58.8 Å². The van der Waals surface area contributed by atoms with Gasteiger partial charge in [-0.15, -0.1) is 0 Å². The second-order valence-corrected chi connectivity index (χ2v) is 6.09. The molecule has 0 spiro atoms. The molecule has 3 rings (SSSR count). The monoisotopic (exact) mass is 353 g/mol. The molecule has 0 fully saturated rings. The Morgan fingerprint density at radius 1 is 1.31 bits per heavy atom. The molecule has 4 N–H and O–H groups in total. The second-order valence-electron chi connectivity index (χ2n) is 6.09. The van der Waals surface area contributed by atoms with Gasteiger partial charge in [0.05, 0.1) is 5.52 Å². The number of benzene rings is 1. The fraction of sp³-hybridized carbons (Fsp3) is 0.211. The lowest BCUT2D eigenvalue weighted by Crippen LogP contribution is -2.23. The number of aromatic amines is 1. The summed E-state index contributed by atoms with van der Waals surface area (Å²) in [6.45, 7) is 4.32. The summed E-state index contributed by atoms with van der Waals surface area (Å²) < 4.78 is 14.0. The lowest BCUT2D eigenvalue weighted by Gasteiger charge is -2.05. The van der Waals surface area contributed by atoms with Gasteiger partial charge in [-0.25, -0.2) is 14.4 Å². The molecule has 0 aliphatic heterocycles. The van der Waals surface area contributed by atoms with Crippen LogP contribution in [0.4, 0.5) is 10.3 Å². The molecule has 6 nitrogen and oxygen atoms in total. The van der Waals surface area contributed by atoms with E-state index in [-0.39, 0.29) is 17.7 Å². The predicted octanol–water partition coefficient (Wildman–Crippen LogP) is 2.67. The maximum absolute atomic E-state index is 14.0. The number of nitrogens with zero attached hydrogens (tertiary/aromatic N) is 2. The van der Waals surface area contributed by atoms with E-state index < -0.39 is 0 Å². The SMILES string of the molecule is Cc1[nH]c2c(F)ccc(C)c2c1CCNC(=O)/C=C/c1cnc(N)nc1.